The first-order valence-corrected chi connectivity index (χ1v) is 11.4. The number of aryl methyl sites for hydroxylation is 1. The van der Waals surface area contributed by atoms with Crippen molar-refractivity contribution in [3.63, 3.8) is 0 Å². The third-order valence-corrected chi connectivity index (χ3v) is 5.74. The number of amides is 1. The molecule has 2 aromatic carbocycles. The molecule has 6 heteroatoms. The van der Waals surface area contributed by atoms with E-state index in [1.165, 1.54) is 11.1 Å². The maximum absolute atomic E-state index is 12.7. The molecule has 6 nitrogen and oxygen atoms in total. The lowest BCUT2D eigenvalue weighted by molar-refractivity contribution is 0.00290. The average molecular weight is 436 g/mol. The largest absolute Gasteiger partial charge is 0.462 e. The van der Waals surface area contributed by atoms with Crippen LogP contribution in [0.1, 0.15) is 51.2 Å². The minimum absolute atomic E-state index is 0.0220. The summed E-state index contributed by atoms with van der Waals surface area (Å²) in [7, 11) is 0. The molecule has 1 aromatic heterocycles. The second-order valence-corrected chi connectivity index (χ2v) is 9.59. The van der Waals surface area contributed by atoms with Crippen molar-refractivity contribution in [3.8, 4) is 6.01 Å². The lowest BCUT2D eigenvalue weighted by Crippen LogP contribution is -2.48. The predicted molar refractivity (Wildman–Crippen MR) is 126 cm³/mol. The van der Waals surface area contributed by atoms with Crippen molar-refractivity contribution in [2.24, 2.45) is 0 Å². The molecular weight excluding hydrogens is 402 g/mol. The van der Waals surface area contributed by atoms with Gasteiger partial charge in [-0.2, -0.15) is 4.98 Å². The van der Waals surface area contributed by atoms with Gasteiger partial charge in [-0.1, -0.05) is 42.0 Å². The van der Waals surface area contributed by atoms with E-state index >= 15 is 0 Å². The van der Waals surface area contributed by atoms with Crippen molar-refractivity contribution in [3.05, 3.63) is 59.7 Å². The summed E-state index contributed by atoms with van der Waals surface area (Å²) in [5.41, 5.74) is 3.86. The summed E-state index contributed by atoms with van der Waals surface area (Å²) in [6.07, 6.45) is 2.70. The number of aromatic nitrogens is 2. The van der Waals surface area contributed by atoms with E-state index in [1.54, 1.807) is 0 Å². The van der Waals surface area contributed by atoms with Crippen molar-refractivity contribution in [1.82, 2.24) is 14.5 Å². The maximum atomic E-state index is 12.7. The number of fused-ring (bicyclic) bond motifs is 1. The van der Waals surface area contributed by atoms with Crippen LogP contribution < -0.4 is 4.74 Å². The molecule has 0 radical (unpaired) electrons. The van der Waals surface area contributed by atoms with Gasteiger partial charge in [-0.15, -0.1) is 0 Å². The van der Waals surface area contributed by atoms with Crippen LogP contribution in [0.15, 0.2) is 48.5 Å². The minimum atomic E-state index is -0.512. The van der Waals surface area contributed by atoms with E-state index in [1.807, 2.05) is 43.9 Å². The van der Waals surface area contributed by atoms with Crippen LogP contribution in [0.3, 0.4) is 0 Å². The summed E-state index contributed by atoms with van der Waals surface area (Å²) in [6.45, 7) is 9.55. The van der Waals surface area contributed by atoms with Crippen LogP contribution in [0.4, 0.5) is 4.79 Å². The number of nitrogens with zero attached hydrogens (tertiary/aromatic N) is 3. The third-order valence-electron chi connectivity index (χ3n) is 5.74. The van der Waals surface area contributed by atoms with E-state index in [0.717, 1.165) is 30.3 Å². The molecule has 0 N–H and O–H groups in total. The SMILES string of the molecule is Cc1ccc(Cn2c(OCC3CCCCN3C(=O)OC(C)(C)C)nc3ccccc32)cc1. The Morgan fingerprint density at radius 3 is 2.59 bits per heavy atom. The number of hydrogen-bond donors (Lipinski definition) is 0. The number of carbonyl (C=O) groups excluding carboxylic acids is 1. The van der Waals surface area contributed by atoms with Gasteiger partial charge in [-0.3, -0.25) is 4.57 Å². The molecule has 32 heavy (non-hydrogen) atoms. The molecule has 0 aliphatic carbocycles. The number of hydrogen-bond acceptors (Lipinski definition) is 4. The van der Waals surface area contributed by atoms with Crippen LogP contribution in [-0.2, 0) is 11.3 Å². The Morgan fingerprint density at radius 2 is 1.84 bits per heavy atom. The number of likely N-dealkylation sites (tertiary alicyclic amines) is 1. The Kier molecular flexibility index (Phi) is 6.40. The van der Waals surface area contributed by atoms with Gasteiger partial charge in [0, 0.05) is 6.54 Å². The minimum Gasteiger partial charge on any atom is -0.462 e. The van der Waals surface area contributed by atoms with Crippen molar-refractivity contribution >= 4 is 17.1 Å². The van der Waals surface area contributed by atoms with Crippen LogP contribution in [0.2, 0.25) is 0 Å². The standard InChI is InChI=1S/C26H33N3O3/c1-19-12-14-20(15-13-19)17-29-23-11-6-5-10-22(23)27-24(29)31-18-21-9-7-8-16-28(21)25(30)32-26(2,3)4/h5-6,10-15,21H,7-9,16-18H2,1-4H3. The van der Waals surface area contributed by atoms with E-state index in [2.05, 4.69) is 41.8 Å². The molecule has 1 fully saturated rings. The van der Waals surface area contributed by atoms with Crippen molar-refractivity contribution in [1.29, 1.82) is 0 Å². The van der Waals surface area contributed by atoms with Crippen molar-refractivity contribution in [2.75, 3.05) is 13.2 Å². The van der Waals surface area contributed by atoms with Crippen LogP contribution in [0.5, 0.6) is 6.01 Å². The van der Waals surface area contributed by atoms with E-state index in [9.17, 15) is 4.79 Å². The van der Waals surface area contributed by atoms with Gasteiger partial charge in [0.1, 0.15) is 12.2 Å². The highest BCUT2D eigenvalue weighted by Gasteiger charge is 2.31. The smallest absolute Gasteiger partial charge is 0.410 e. The highest BCUT2D eigenvalue weighted by molar-refractivity contribution is 5.76. The topological polar surface area (TPSA) is 56.6 Å². The number of rotatable bonds is 5. The zero-order chi connectivity index (χ0) is 22.7. The number of carbonyl (C=O) groups is 1. The summed E-state index contributed by atoms with van der Waals surface area (Å²) in [6, 6.07) is 17.2. The summed E-state index contributed by atoms with van der Waals surface area (Å²) in [4.78, 5) is 19.3. The van der Waals surface area contributed by atoms with Gasteiger partial charge in [0.25, 0.3) is 6.01 Å². The summed E-state index contributed by atoms with van der Waals surface area (Å²) in [5, 5.41) is 0. The molecule has 1 saturated heterocycles. The highest BCUT2D eigenvalue weighted by atomic mass is 16.6. The molecule has 0 bridgehead atoms. The number of imidazole rings is 1. The average Bonchev–Trinajstić information content (AvgIpc) is 3.10. The monoisotopic (exact) mass is 435 g/mol. The molecule has 170 valence electrons. The summed E-state index contributed by atoms with van der Waals surface area (Å²) in [5.74, 6) is 0. The first-order valence-electron chi connectivity index (χ1n) is 11.4. The van der Waals surface area contributed by atoms with E-state index in [0.29, 0.717) is 25.7 Å². The maximum Gasteiger partial charge on any atom is 0.410 e. The Morgan fingerprint density at radius 1 is 1.09 bits per heavy atom. The number of piperidine rings is 1. The lowest BCUT2D eigenvalue weighted by atomic mass is 10.0. The fraction of sp³-hybridized carbons (Fsp3) is 0.462. The quantitative estimate of drug-likeness (QED) is 0.526. The fourth-order valence-electron chi connectivity index (χ4n) is 4.10. The second-order valence-electron chi connectivity index (χ2n) is 9.59. The van der Waals surface area contributed by atoms with Crippen LogP contribution in [0.25, 0.3) is 11.0 Å². The Balaban J connectivity index is 1.54. The van der Waals surface area contributed by atoms with Gasteiger partial charge in [0.05, 0.1) is 23.6 Å². The first-order chi connectivity index (χ1) is 15.3. The van der Waals surface area contributed by atoms with Gasteiger partial charge < -0.3 is 14.4 Å². The molecule has 1 aliphatic heterocycles. The number of ether oxygens (including phenoxy) is 2. The molecule has 2 heterocycles. The molecular formula is C26H33N3O3. The molecule has 3 aromatic rings. The lowest BCUT2D eigenvalue weighted by Gasteiger charge is -2.36. The second kappa shape index (κ2) is 9.23. The van der Waals surface area contributed by atoms with Gasteiger partial charge in [0.15, 0.2) is 0 Å². The first kappa shape index (κ1) is 22.2. The third kappa shape index (κ3) is 5.23. The number of para-hydroxylation sites is 2. The predicted octanol–water partition coefficient (Wildman–Crippen LogP) is 5.56. The van der Waals surface area contributed by atoms with Crippen molar-refractivity contribution in [2.45, 2.75) is 65.1 Å². The molecule has 4 rings (SSSR count). The Labute approximate surface area is 190 Å². The number of benzene rings is 2. The molecule has 1 aliphatic rings. The molecule has 1 unspecified atom stereocenters. The van der Waals surface area contributed by atoms with Crippen LogP contribution in [-0.4, -0.2) is 45.3 Å². The van der Waals surface area contributed by atoms with Gasteiger partial charge in [-0.05, 0) is 64.7 Å². The molecule has 1 atom stereocenters. The van der Waals surface area contributed by atoms with E-state index in [-0.39, 0.29) is 12.1 Å². The molecule has 0 saturated carbocycles. The zero-order valence-electron chi connectivity index (χ0n) is 19.5. The zero-order valence-corrected chi connectivity index (χ0v) is 19.5. The Bertz CT molecular complexity index is 1070. The normalized spacial score (nSPS) is 16.9. The highest BCUT2D eigenvalue weighted by Crippen LogP contribution is 2.25. The van der Waals surface area contributed by atoms with E-state index < -0.39 is 5.60 Å². The summed E-state index contributed by atoms with van der Waals surface area (Å²) >= 11 is 0. The van der Waals surface area contributed by atoms with Crippen LogP contribution in [0, 0.1) is 6.92 Å². The van der Waals surface area contributed by atoms with Gasteiger partial charge in [0.2, 0.25) is 0 Å². The van der Waals surface area contributed by atoms with E-state index in [4.69, 9.17) is 14.5 Å². The van der Waals surface area contributed by atoms with Gasteiger partial charge in [-0.25, -0.2) is 4.79 Å². The molecule has 1 amide bonds. The summed E-state index contributed by atoms with van der Waals surface area (Å²) < 4.78 is 14.0. The van der Waals surface area contributed by atoms with Crippen molar-refractivity contribution < 1.29 is 14.3 Å². The van der Waals surface area contributed by atoms with Gasteiger partial charge >= 0.3 is 6.09 Å². The van der Waals surface area contributed by atoms with Crippen LogP contribution >= 0.6 is 0 Å². The Hall–Kier alpha value is -3.02. The fourth-order valence-corrected chi connectivity index (χ4v) is 4.10. The molecule has 0 spiro atoms.